The third kappa shape index (κ3) is 3.85. The van der Waals surface area contributed by atoms with Gasteiger partial charge in [-0.05, 0) is 18.2 Å². The molecule has 0 saturated carbocycles. The number of ether oxygens (including phenoxy) is 1. The van der Waals surface area contributed by atoms with Crippen LogP contribution in [0.25, 0.3) is 16.6 Å². The van der Waals surface area contributed by atoms with Crippen molar-refractivity contribution in [2.75, 3.05) is 44.7 Å². The summed E-state index contributed by atoms with van der Waals surface area (Å²) in [6.07, 6.45) is 0. The lowest BCUT2D eigenvalue weighted by Crippen LogP contribution is -2.39. The van der Waals surface area contributed by atoms with E-state index in [4.69, 9.17) is 4.74 Å². The third-order valence-corrected chi connectivity index (χ3v) is 5.09. The van der Waals surface area contributed by atoms with Crippen molar-refractivity contribution in [3.8, 4) is 5.69 Å². The van der Waals surface area contributed by atoms with Gasteiger partial charge in [0.15, 0.2) is 0 Å². The first kappa shape index (κ1) is 19.1. The molecule has 0 aliphatic carbocycles. The topological polar surface area (TPSA) is 89.6 Å². The lowest BCUT2D eigenvalue weighted by Gasteiger charge is -2.26. The van der Waals surface area contributed by atoms with E-state index >= 15 is 0 Å². The number of aromatic nitrogens is 1. The largest absolute Gasteiger partial charge is 0.379 e. The van der Waals surface area contributed by atoms with Gasteiger partial charge >= 0.3 is 11.2 Å². The van der Waals surface area contributed by atoms with Gasteiger partial charge in [0.05, 0.1) is 23.7 Å². The van der Waals surface area contributed by atoms with E-state index in [1.165, 1.54) is 4.57 Å². The normalized spacial score (nSPS) is 14.8. The highest BCUT2D eigenvalue weighted by Crippen LogP contribution is 2.31. The Kier molecular flexibility index (Phi) is 5.55. The van der Waals surface area contributed by atoms with Crippen LogP contribution in [0.2, 0.25) is 0 Å². The predicted octanol–water partition coefficient (Wildman–Crippen LogP) is 2.64. The summed E-state index contributed by atoms with van der Waals surface area (Å²) in [5.41, 5.74) is 0.416. The molecule has 0 bridgehead atoms. The van der Waals surface area contributed by atoms with Crippen LogP contribution in [0.3, 0.4) is 0 Å². The Morgan fingerprint density at radius 1 is 1.03 bits per heavy atom. The van der Waals surface area contributed by atoms with Crippen LogP contribution in [0.5, 0.6) is 0 Å². The number of fused-ring (bicyclic) bond motifs is 1. The van der Waals surface area contributed by atoms with Gasteiger partial charge in [-0.3, -0.25) is 24.4 Å². The highest BCUT2D eigenvalue weighted by Gasteiger charge is 2.26. The van der Waals surface area contributed by atoms with Gasteiger partial charge in [0.2, 0.25) is 0 Å². The maximum absolute atomic E-state index is 13.2. The van der Waals surface area contributed by atoms with Gasteiger partial charge in [0, 0.05) is 37.3 Å². The smallest absolute Gasteiger partial charge is 0.357 e. The summed E-state index contributed by atoms with van der Waals surface area (Å²) >= 11 is 0. The molecule has 4 rings (SSSR count). The lowest BCUT2D eigenvalue weighted by atomic mass is 10.1. The summed E-state index contributed by atoms with van der Waals surface area (Å²) in [5, 5.41) is 15.7. The second kappa shape index (κ2) is 8.42. The first-order valence-corrected chi connectivity index (χ1v) is 9.58. The molecule has 3 aromatic rings. The number of morpholine rings is 1. The molecule has 150 valence electrons. The van der Waals surface area contributed by atoms with Crippen LogP contribution in [0, 0.1) is 10.1 Å². The quantitative estimate of drug-likeness (QED) is 0.511. The molecule has 1 saturated heterocycles. The molecule has 2 heterocycles. The molecule has 29 heavy (non-hydrogen) atoms. The van der Waals surface area contributed by atoms with Crippen molar-refractivity contribution in [3.05, 3.63) is 75.1 Å². The van der Waals surface area contributed by atoms with Crippen LogP contribution >= 0.6 is 0 Å². The third-order valence-electron chi connectivity index (χ3n) is 5.09. The maximum Gasteiger partial charge on any atom is 0.357 e. The molecular weight excluding hydrogens is 372 g/mol. The molecule has 0 spiro atoms. The summed E-state index contributed by atoms with van der Waals surface area (Å²) < 4.78 is 6.75. The monoisotopic (exact) mass is 394 g/mol. The van der Waals surface area contributed by atoms with E-state index < -0.39 is 16.2 Å². The molecule has 0 unspecified atom stereocenters. The fourth-order valence-corrected chi connectivity index (χ4v) is 3.68. The van der Waals surface area contributed by atoms with Crippen molar-refractivity contribution in [1.29, 1.82) is 0 Å². The minimum Gasteiger partial charge on any atom is -0.379 e. The molecule has 8 nitrogen and oxygen atoms in total. The van der Waals surface area contributed by atoms with Gasteiger partial charge in [0.25, 0.3) is 0 Å². The van der Waals surface area contributed by atoms with Crippen molar-refractivity contribution in [1.82, 2.24) is 9.47 Å². The summed E-state index contributed by atoms with van der Waals surface area (Å²) in [7, 11) is 0. The minimum atomic E-state index is -0.645. The van der Waals surface area contributed by atoms with Gasteiger partial charge in [-0.15, -0.1) is 0 Å². The van der Waals surface area contributed by atoms with E-state index in [2.05, 4.69) is 10.2 Å². The number of hydrogen-bond donors (Lipinski definition) is 1. The molecule has 0 amide bonds. The summed E-state index contributed by atoms with van der Waals surface area (Å²) in [4.78, 5) is 26.7. The van der Waals surface area contributed by atoms with E-state index in [1.54, 1.807) is 36.4 Å². The number of para-hydroxylation sites is 2. The summed E-state index contributed by atoms with van der Waals surface area (Å²) in [6, 6.07) is 16.2. The number of nitrogens with zero attached hydrogens (tertiary/aromatic N) is 3. The van der Waals surface area contributed by atoms with Crippen molar-refractivity contribution in [3.63, 3.8) is 0 Å². The molecule has 0 atom stereocenters. The Hall–Kier alpha value is -3.23. The van der Waals surface area contributed by atoms with Gasteiger partial charge in [-0.25, -0.2) is 0 Å². The highest BCUT2D eigenvalue weighted by molar-refractivity contribution is 5.97. The Balaban J connectivity index is 1.78. The second-order valence-electron chi connectivity index (χ2n) is 6.85. The first-order valence-electron chi connectivity index (χ1n) is 9.58. The van der Waals surface area contributed by atoms with Crippen molar-refractivity contribution in [2.24, 2.45) is 0 Å². The van der Waals surface area contributed by atoms with Crippen LogP contribution in [-0.2, 0) is 4.74 Å². The van der Waals surface area contributed by atoms with Crippen LogP contribution in [-0.4, -0.2) is 53.8 Å². The molecule has 0 radical (unpaired) electrons. The van der Waals surface area contributed by atoms with Crippen LogP contribution < -0.4 is 10.9 Å². The Labute approximate surface area is 167 Å². The Bertz CT molecular complexity index is 1080. The predicted molar refractivity (Wildman–Crippen MR) is 112 cm³/mol. The number of hydrogen-bond acceptors (Lipinski definition) is 6. The number of pyridine rings is 1. The van der Waals surface area contributed by atoms with Crippen LogP contribution in [0.1, 0.15) is 0 Å². The van der Waals surface area contributed by atoms with Crippen molar-refractivity contribution >= 4 is 22.3 Å². The molecule has 8 heteroatoms. The lowest BCUT2D eigenvalue weighted by molar-refractivity contribution is -0.385. The van der Waals surface area contributed by atoms with E-state index in [-0.39, 0.29) is 5.69 Å². The SMILES string of the molecule is O=c1c([N+](=O)[O-])c(NCCN2CCOCC2)c2ccccc2n1-c1ccccc1. The number of nitrogens with one attached hydrogen (secondary N) is 1. The fourth-order valence-electron chi connectivity index (χ4n) is 3.68. The van der Waals surface area contributed by atoms with E-state index in [0.717, 1.165) is 19.6 Å². The molecule has 1 aliphatic rings. The van der Waals surface area contributed by atoms with Crippen molar-refractivity contribution in [2.45, 2.75) is 0 Å². The zero-order chi connectivity index (χ0) is 20.2. The molecule has 2 aromatic carbocycles. The summed E-state index contributed by atoms with van der Waals surface area (Å²) in [6.45, 7) is 4.27. The van der Waals surface area contributed by atoms with Crippen LogP contribution in [0.15, 0.2) is 59.4 Å². The average molecular weight is 394 g/mol. The molecule has 1 fully saturated rings. The second-order valence-corrected chi connectivity index (χ2v) is 6.85. The standard InChI is InChI=1S/C21H22N4O4/c26-21-20(25(27)28)19(22-10-11-23-12-14-29-15-13-23)17-8-4-5-9-18(17)24(21)16-6-2-1-3-7-16/h1-9,22H,10-15H2. The zero-order valence-electron chi connectivity index (χ0n) is 15.9. The fraction of sp³-hybridized carbons (Fsp3) is 0.286. The number of benzene rings is 2. The molecular formula is C21H22N4O4. The van der Waals surface area contributed by atoms with Gasteiger partial charge < -0.3 is 10.1 Å². The van der Waals surface area contributed by atoms with Crippen LogP contribution in [0.4, 0.5) is 11.4 Å². The Morgan fingerprint density at radius 2 is 1.72 bits per heavy atom. The number of rotatable bonds is 6. The molecule has 1 N–H and O–H groups in total. The maximum atomic E-state index is 13.2. The van der Waals surface area contributed by atoms with Gasteiger partial charge in [-0.2, -0.15) is 0 Å². The van der Waals surface area contributed by atoms with E-state index in [0.29, 0.717) is 36.3 Å². The minimum absolute atomic E-state index is 0.274. The Morgan fingerprint density at radius 3 is 2.45 bits per heavy atom. The van der Waals surface area contributed by atoms with E-state index in [1.807, 2.05) is 18.2 Å². The molecule has 1 aromatic heterocycles. The number of anilines is 1. The summed E-state index contributed by atoms with van der Waals surface area (Å²) in [5.74, 6) is 0. The van der Waals surface area contributed by atoms with E-state index in [9.17, 15) is 14.9 Å². The van der Waals surface area contributed by atoms with Crippen molar-refractivity contribution < 1.29 is 9.66 Å². The highest BCUT2D eigenvalue weighted by atomic mass is 16.6. The zero-order valence-corrected chi connectivity index (χ0v) is 15.9. The van der Waals surface area contributed by atoms with Gasteiger partial charge in [-0.1, -0.05) is 36.4 Å². The molecule has 1 aliphatic heterocycles. The first-order chi connectivity index (χ1) is 14.2. The van der Waals surface area contributed by atoms with Gasteiger partial charge in [0.1, 0.15) is 5.69 Å². The average Bonchev–Trinajstić information content (AvgIpc) is 2.75. The number of nitro groups is 1.